The van der Waals surface area contributed by atoms with Crippen molar-refractivity contribution in [3.63, 3.8) is 0 Å². The fraction of sp³-hybridized carbons (Fsp3) is 1.00. The molecule has 0 spiro atoms. The Morgan fingerprint density at radius 1 is 1.11 bits per heavy atom. The van der Waals surface area contributed by atoms with Gasteiger partial charge in [-0.1, -0.05) is 13.8 Å². The van der Waals surface area contributed by atoms with Crippen molar-refractivity contribution in [3.05, 3.63) is 0 Å². The van der Waals surface area contributed by atoms with E-state index < -0.39 is 49.0 Å². The zero-order chi connectivity index (χ0) is 15.0. The van der Waals surface area contributed by atoms with Crippen molar-refractivity contribution in [3.8, 4) is 0 Å². The third-order valence-corrected chi connectivity index (χ3v) is 6.13. The predicted octanol–water partition coefficient (Wildman–Crippen LogP) is 1.34. The van der Waals surface area contributed by atoms with Gasteiger partial charge >= 0.3 is 0 Å². The molecular formula is C8H16F2O6S2. The van der Waals surface area contributed by atoms with E-state index in [1.165, 1.54) is 0 Å². The number of alkyl halides is 2. The van der Waals surface area contributed by atoms with E-state index in [4.69, 9.17) is 9.11 Å². The van der Waals surface area contributed by atoms with Crippen LogP contribution in [0.5, 0.6) is 0 Å². The zero-order valence-corrected chi connectivity index (χ0v) is 11.7. The minimum atomic E-state index is -5.21. The average Bonchev–Trinajstić information content (AvgIpc) is 2.12. The van der Waals surface area contributed by atoms with Crippen molar-refractivity contribution in [2.75, 3.05) is 0 Å². The quantitative estimate of drug-likeness (QED) is 0.717. The van der Waals surface area contributed by atoms with E-state index in [2.05, 4.69) is 0 Å². The summed E-state index contributed by atoms with van der Waals surface area (Å²) in [5.41, 5.74) is 0. The van der Waals surface area contributed by atoms with Gasteiger partial charge in [-0.25, -0.2) is 8.78 Å². The minimum Gasteiger partial charge on any atom is -0.285 e. The van der Waals surface area contributed by atoms with Crippen LogP contribution >= 0.6 is 0 Å². The number of halogens is 2. The van der Waals surface area contributed by atoms with Crippen LogP contribution in [0.2, 0.25) is 0 Å². The second-order valence-electron chi connectivity index (χ2n) is 4.09. The fourth-order valence-electron chi connectivity index (χ4n) is 1.58. The Labute approximate surface area is 105 Å². The van der Waals surface area contributed by atoms with Gasteiger partial charge in [0.25, 0.3) is 26.2 Å². The van der Waals surface area contributed by atoms with Gasteiger partial charge in [0.1, 0.15) is 0 Å². The molecule has 10 heteroatoms. The molecule has 18 heavy (non-hydrogen) atoms. The molecule has 2 N–H and O–H groups in total. The monoisotopic (exact) mass is 310 g/mol. The van der Waals surface area contributed by atoms with Gasteiger partial charge in [-0.05, 0) is 19.8 Å². The highest BCUT2D eigenvalue weighted by molar-refractivity contribution is 7.88. The summed E-state index contributed by atoms with van der Waals surface area (Å²) in [6.45, 7) is 2.67. The van der Waals surface area contributed by atoms with Crippen LogP contribution < -0.4 is 0 Å². The molecular weight excluding hydrogens is 294 g/mol. The molecule has 110 valence electrons. The number of rotatable bonds is 6. The van der Waals surface area contributed by atoms with Crippen molar-refractivity contribution in [2.24, 2.45) is 0 Å². The minimum absolute atomic E-state index is 0.538. The lowest BCUT2D eigenvalue weighted by Crippen LogP contribution is -2.59. The highest BCUT2D eigenvalue weighted by Gasteiger charge is 2.64. The molecule has 0 saturated heterocycles. The highest BCUT2D eigenvalue weighted by Crippen LogP contribution is 2.43. The SMILES string of the molecule is CCC(C(F)(F)C(C)(CC)S(=O)(=O)O)S(=O)(=O)O. The molecule has 2 atom stereocenters. The van der Waals surface area contributed by atoms with Crippen LogP contribution in [0.3, 0.4) is 0 Å². The maximum absolute atomic E-state index is 14.1. The van der Waals surface area contributed by atoms with E-state index >= 15 is 0 Å². The largest absolute Gasteiger partial charge is 0.288 e. The molecule has 0 radical (unpaired) electrons. The fourth-order valence-corrected chi connectivity index (χ4v) is 3.57. The lowest BCUT2D eigenvalue weighted by atomic mass is 9.95. The summed E-state index contributed by atoms with van der Waals surface area (Å²) in [4.78, 5) is 0. The van der Waals surface area contributed by atoms with Crippen LogP contribution in [-0.2, 0) is 20.2 Å². The number of hydrogen-bond donors (Lipinski definition) is 2. The third kappa shape index (κ3) is 2.81. The Bertz CT molecular complexity index is 498. The van der Waals surface area contributed by atoms with E-state index in [-0.39, 0.29) is 0 Å². The third-order valence-electron chi connectivity index (χ3n) is 3.08. The van der Waals surface area contributed by atoms with Gasteiger partial charge in [0.2, 0.25) is 0 Å². The zero-order valence-electron chi connectivity index (χ0n) is 10.1. The smallest absolute Gasteiger partial charge is 0.285 e. The first-order valence-corrected chi connectivity index (χ1v) is 8.01. The van der Waals surface area contributed by atoms with Gasteiger partial charge in [0, 0.05) is 0 Å². The Morgan fingerprint density at radius 2 is 1.50 bits per heavy atom. The molecule has 0 rings (SSSR count). The Hall–Kier alpha value is -0.320. The van der Waals surface area contributed by atoms with E-state index in [0.29, 0.717) is 6.92 Å². The van der Waals surface area contributed by atoms with E-state index in [9.17, 15) is 25.6 Å². The summed E-state index contributed by atoms with van der Waals surface area (Å²) >= 11 is 0. The second-order valence-corrected chi connectivity index (χ2v) is 7.54. The first-order valence-electron chi connectivity index (χ1n) is 5.06. The van der Waals surface area contributed by atoms with Crippen molar-refractivity contribution in [1.29, 1.82) is 0 Å². The molecule has 0 fully saturated rings. The lowest BCUT2D eigenvalue weighted by Gasteiger charge is -2.36. The Morgan fingerprint density at radius 3 is 1.67 bits per heavy atom. The molecule has 0 aromatic heterocycles. The molecule has 0 aliphatic heterocycles. The normalized spacial score (nSPS) is 19.3. The highest BCUT2D eigenvalue weighted by atomic mass is 32.2. The first-order chi connectivity index (χ1) is 7.75. The van der Waals surface area contributed by atoms with Gasteiger partial charge in [0.05, 0.1) is 0 Å². The molecule has 0 bridgehead atoms. The number of hydrogen-bond acceptors (Lipinski definition) is 4. The van der Waals surface area contributed by atoms with Gasteiger partial charge in [0.15, 0.2) is 10.00 Å². The molecule has 0 heterocycles. The molecule has 0 aromatic rings. The first kappa shape index (κ1) is 17.7. The van der Waals surface area contributed by atoms with Crippen LogP contribution in [0.25, 0.3) is 0 Å². The maximum atomic E-state index is 14.1. The predicted molar refractivity (Wildman–Crippen MR) is 60.8 cm³/mol. The molecule has 0 aliphatic carbocycles. The van der Waals surface area contributed by atoms with Crippen molar-refractivity contribution in [1.82, 2.24) is 0 Å². The molecule has 0 aromatic carbocycles. The Kier molecular flexibility index (Phi) is 4.90. The van der Waals surface area contributed by atoms with Gasteiger partial charge < -0.3 is 0 Å². The van der Waals surface area contributed by atoms with E-state index in [1.807, 2.05) is 0 Å². The van der Waals surface area contributed by atoms with Gasteiger partial charge in [-0.15, -0.1) is 0 Å². The summed E-state index contributed by atoms with van der Waals surface area (Å²) in [5, 5.41) is -2.60. The maximum Gasteiger partial charge on any atom is 0.288 e. The van der Waals surface area contributed by atoms with Crippen LogP contribution in [0.1, 0.15) is 33.6 Å². The molecule has 6 nitrogen and oxygen atoms in total. The summed E-state index contributed by atoms with van der Waals surface area (Å²) in [7, 11) is -10.4. The molecule has 2 unspecified atom stereocenters. The Balaban J connectivity index is 6.05. The van der Waals surface area contributed by atoms with Crippen molar-refractivity contribution < 1.29 is 34.7 Å². The molecule has 0 saturated carbocycles. The topological polar surface area (TPSA) is 109 Å². The van der Waals surface area contributed by atoms with Crippen LogP contribution in [0.4, 0.5) is 8.78 Å². The van der Waals surface area contributed by atoms with Crippen LogP contribution in [0, 0.1) is 0 Å². The molecule has 0 amide bonds. The van der Waals surface area contributed by atoms with Gasteiger partial charge in [-0.2, -0.15) is 16.8 Å². The van der Waals surface area contributed by atoms with Crippen molar-refractivity contribution >= 4 is 20.2 Å². The van der Waals surface area contributed by atoms with E-state index in [0.717, 1.165) is 13.8 Å². The van der Waals surface area contributed by atoms with E-state index in [1.54, 1.807) is 0 Å². The summed E-state index contributed by atoms with van der Waals surface area (Å²) < 4.78 is 86.7. The second kappa shape index (κ2) is 4.99. The lowest BCUT2D eigenvalue weighted by molar-refractivity contribution is -0.0469. The van der Waals surface area contributed by atoms with Crippen LogP contribution in [0.15, 0.2) is 0 Å². The average molecular weight is 310 g/mol. The summed E-state index contributed by atoms with van der Waals surface area (Å²) in [6.07, 6.45) is -1.41. The molecule has 0 aliphatic rings. The van der Waals surface area contributed by atoms with Crippen LogP contribution in [-0.4, -0.2) is 41.9 Å². The standard InChI is InChI=1S/C8H16F2O6S2/c1-4-6(17(11,12)13)8(9,10)7(3,5-2)18(14,15)16/h6H,4-5H2,1-3H3,(H,11,12,13)(H,14,15,16). The summed E-state index contributed by atoms with van der Waals surface area (Å²) in [6, 6.07) is 0. The van der Waals surface area contributed by atoms with Crippen molar-refractivity contribution in [2.45, 2.75) is 49.5 Å². The van der Waals surface area contributed by atoms with Gasteiger partial charge in [-0.3, -0.25) is 9.11 Å². The summed E-state index contributed by atoms with van der Waals surface area (Å²) in [5.74, 6) is -4.34.